The standard InChI is InChI=1S/C9H11N5S/c1-5-3-7(10)8(11-4-5)13-9-12-6(2)14-15-9/h3-4H,10H2,1-2H3,(H,11,12,13,14). The van der Waals surface area contributed by atoms with Crippen LogP contribution in [0.25, 0.3) is 0 Å². The van der Waals surface area contributed by atoms with Gasteiger partial charge in [0.2, 0.25) is 5.13 Å². The topological polar surface area (TPSA) is 76.7 Å². The average Bonchev–Trinajstić information content (AvgIpc) is 2.56. The van der Waals surface area contributed by atoms with Gasteiger partial charge in [0.05, 0.1) is 5.69 Å². The molecule has 0 spiro atoms. The molecule has 2 rings (SSSR count). The third kappa shape index (κ3) is 2.21. The van der Waals surface area contributed by atoms with E-state index in [0.717, 1.165) is 11.4 Å². The van der Waals surface area contributed by atoms with Crippen molar-refractivity contribution < 1.29 is 0 Å². The highest BCUT2D eigenvalue weighted by Crippen LogP contribution is 2.22. The zero-order valence-corrected chi connectivity index (χ0v) is 9.30. The molecule has 0 saturated heterocycles. The van der Waals surface area contributed by atoms with E-state index in [9.17, 15) is 0 Å². The largest absolute Gasteiger partial charge is 0.396 e. The summed E-state index contributed by atoms with van der Waals surface area (Å²) in [5.74, 6) is 1.37. The lowest BCUT2D eigenvalue weighted by Gasteiger charge is -2.04. The maximum atomic E-state index is 5.81. The van der Waals surface area contributed by atoms with Crippen LogP contribution in [-0.4, -0.2) is 14.3 Å². The Bertz CT molecular complexity index is 479. The molecule has 0 radical (unpaired) electrons. The molecule has 2 aromatic rings. The summed E-state index contributed by atoms with van der Waals surface area (Å²) in [6.07, 6.45) is 1.76. The molecule has 5 nitrogen and oxygen atoms in total. The number of aryl methyl sites for hydroxylation is 2. The van der Waals surface area contributed by atoms with Gasteiger partial charge in [-0.2, -0.15) is 4.37 Å². The van der Waals surface area contributed by atoms with Crippen LogP contribution < -0.4 is 11.1 Å². The van der Waals surface area contributed by atoms with Crippen LogP contribution in [0.2, 0.25) is 0 Å². The summed E-state index contributed by atoms with van der Waals surface area (Å²) in [6.45, 7) is 3.79. The summed E-state index contributed by atoms with van der Waals surface area (Å²) in [5, 5.41) is 3.73. The van der Waals surface area contributed by atoms with Gasteiger partial charge in [0.15, 0.2) is 5.82 Å². The number of nitrogens with two attached hydrogens (primary N) is 1. The first-order valence-electron chi connectivity index (χ1n) is 4.44. The first-order chi connectivity index (χ1) is 7.15. The van der Waals surface area contributed by atoms with E-state index in [1.165, 1.54) is 11.5 Å². The number of nitrogens with one attached hydrogen (secondary N) is 1. The molecule has 6 heteroatoms. The van der Waals surface area contributed by atoms with E-state index in [-0.39, 0.29) is 0 Å². The lowest BCUT2D eigenvalue weighted by Crippen LogP contribution is -1.99. The monoisotopic (exact) mass is 221 g/mol. The van der Waals surface area contributed by atoms with Crippen LogP contribution in [0.3, 0.4) is 0 Å². The van der Waals surface area contributed by atoms with E-state index in [0.29, 0.717) is 16.6 Å². The van der Waals surface area contributed by atoms with Crippen molar-refractivity contribution in [3.8, 4) is 0 Å². The highest BCUT2D eigenvalue weighted by Gasteiger charge is 2.04. The molecule has 0 aliphatic heterocycles. The van der Waals surface area contributed by atoms with Gasteiger partial charge in [-0.25, -0.2) is 9.97 Å². The lowest BCUT2D eigenvalue weighted by atomic mass is 10.3. The van der Waals surface area contributed by atoms with Crippen molar-refractivity contribution >= 4 is 28.2 Å². The predicted octanol–water partition coefficient (Wildman–Crippen LogP) is 1.88. The van der Waals surface area contributed by atoms with Gasteiger partial charge >= 0.3 is 0 Å². The Morgan fingerprint density at radius 2 is 2.20 bits per heavy atom. The van der Waals surface area contributed by atoms with Gasteiger partial charge in [0.25, 0.3) is 0 Å². The van der Waals surface area contributed by atoms with Crippen molar-refractivity contribution in [3.05, 3.63) is 23.7 Å². The Morgan fingerprint density at radius 3 is 2.80 bits per heavy atom. The van der Waals surface area contributed by atoms with Gasteiger partial charge in [-0.3, -0.25) is 0 Å². The number of hydrogen-bond acceptors (Lipinski definition) is 6. The van der Waals surface area contributed by atoms with Gasteiger partial charge < -0.3 is 11.1 Å². The van der Waals surface area contributed by atoms with E-state index in [1.54, 1.807) is 6.20 Å². The number of pyridine rings is 1. The molecule has 78 valence electrons. The second kappa shape index (κ2) is 3.82. The second-order valence-electron chi connectivity index (χ2n) is 3.22. The molecule has 2 aromatic heterocycles. The number of nitrogen functional groups attached to an aromatic ring is 1. The molecule has 0 fully saturated rings. The first kappa shape index (κ1) is 9.85. The number of nitrogens with zero attached hydrogens (tertiary/aromatic N) is 3. The Kier molecular flexibility index (Phi) is 2.51. The average molecular weight is 221 g/mol. The molecule has 15 heavy (non-hydrogen) atoms. The van der Waals surface area contributed by atoms with Gasteiger partial charge in [0.1, 0.15) is 5.82 Å². The summed E-state index contributed by atoms with van der Waals surface area (Å²) in [5.41, 5.74) is 7.46. The van der Waals surface area contributed by atoms with E-state index in [4.69, 9.17) is 5.73 Å². The lowest BCUT2D eigenvalue weighted by molar-refractivity contribution is 1.16. The van der Waals surface area contributed by atoms with Crippen LogP contribution in [-0.2, 0) is 0 Å². The summed E-state index contributed by atoms with van der Waals surface area (Å²) in [7, 11) is 0. The molecule has 0 aliphatic carbocycles. The molecule has 0 unspecified atom stereocenters. The minimum Gasteiger partial charge on any atom is -0.396 e. The van der Waals surface area contributed by atoms with Crippen LogP contribution in [0, 0.1) is 13.8 Å². The zero-order valence-electron chi connectivity index (χ0n) is 8.48. The third-order valence-electron chi connectivity index (χ3n) is 1.81. The van der Waals surface area contributed by atoms with Crippen molar-refractivity contribution in [2.24, 2.45) is 0 Å². The molecule has 0 aliphatic rings. The molecular weight excluding hydrogens is 210 g/mol. The Balaban J connectivity index is 2.24. The summed E-state index contributed by atoms with van der Waals surface area (Å²) < 4.78 is 4.06. The van der Waals surface area contributed by atoms with Crippen molar-refractivity contribution in [2.45, 2.75) is 13.8 Å². The van der Waals surface area contributed by atoms with Crippen LogP contribution in [0.5, 0.6) is 0 Å². The van der Waals surface area contributed by atoms with Crippen molar-refractivity contribution in [1.29, 1.82) is 0 Å². The van der Waals surface area contributed by atoms with Crippen LogP contribution >= 0.6 is 11.5 Å². The van der Waals surface area contributed by atoms with Crippen molar-refractivity contribution in [3.63, 3.8) is 0 Å². The minimum absolute atomic E-state index is 0.614. The van der Waals surface area contributed by atoms with Gasteiger partial charge in [-0.15, -0.1) is 0 Å². The fraction of sp³-hybridized carbons (Fsp3) is 0.222. The second-order valence-corrected chi connectivity index (χ2v) is 3.97. The maximum Gasteiger partial charge on any atom is 0.208 e. The van der Waals surface area contributed by atoms with Gasteiger partial charge in [0, 0.05) is 17.7 Å². The SMILES string of the molecule is Cc1cnc(Nc2nc(C)ns2)c(N)c1. The van der Waals surface area contributed by atoms with Crippen molar-refractivity contribution in [1.82, 2.24) is 14.3 Å². The first-order valence-corrected chi connectivity index (χ1v) is 5.22. The maximum absolute atomic E-state index is 5.81. The highest BCUT2D eigenvalue weighted by molar-refractivity contribution is 7.09. The third-order valence-corrected chi connectivity index (χ3v) is 2.53. The Morgan fingerprint density at radius 1 is 1.40 bits per heavy atom. The van der Waals surface area contributed by atoms with Gasteiger partial charge in [-0.1, -0.05) is 0 Å². The fourth-order valence-corrected chi connectivity index (χ4v) is 1.72. The molecule has 3 N–H and O–H groups in total. The number of rotatable bonds is 2. The smallest absolute Gasteiger partial charge is 0.208 e. The highest BCUT2D eigenvalue weighted by atomic mass is 32.1. The quantitative estimate of drug-likeness (QED) is 0.809. The van der Waals surface area contributed by atoms with Crippen LogP contribution in [0.15, 0.2) is 12.3 Å². The zero-order chi connectivity index (χ0) is 10.8. The van der Waals surface area contributed by atoms with E-state index in [2.05, 4.69) is 19.7 Å². The van der Waals surface area contributed by atoms with Gasteiger partial charge in [-0.05, 0) is 25.5 Å². The molecule has 2 heterocycles. The van der Waals surface area contributed by atoms with Crippen LogP contribution in [0.4, 0.5) is 16.6 Å². The molecule has 0 bridgehead atoms. The predicted molar refractivity (Wildman–Crippen MR) is 61.3 cm³/mol. The summed E-state index contributed by atoms with van der Waals surface area (Å²) >= 11 is 1.29. The summed E-state index contributed by atoms with van der Waals surface area (Å²) in [6, 6.07) is 1.86. The van der Waals surface area contributed by atoms with E-state index >= 15 is 0 Å². The Labute approximate surface area is 91.5 Å². The molecular formula is C9H11N5S. The Hall–Kier alpha value is -1.69. The molecule has 0 saturated carbocycles. The van der Waals surface area contributed by atoms with E-state index in [1.807, 2.05) is 19.9 Å². The fourth-order valence-electron chi connectivity index (χ4n) is 1.15. The van der Waals surface area contributed by atoms with Crippen LogP contribution in [0.1, 0.15) is 11.4 Å². The minimum atomic E-state index is 0.614. The van der Waals surface area contributed by atoms with Crippen molar-refractivity contribution in [2.75, 3.05) is 11.1 Å². The number of hydrogen-bond donors (Lipinski definition) is 2. The van der Waals surface area contributed by atoms with E-state index < -0.39 is 0 Å². The summed E-state index contributed by atoms with van der Waals surface area (Å²) in [4.78, 5) is 8.36. The molecule has 0 amide bonds. The normalized spacial score (nSPS) is 10.3. The number of anilines is 3. The number of aromatic nitrogens is 3. The molecule has 0 aromatic carbocycles. The molecule has 0 atom stereocenters.